The number of hydrogen-bond acceptors (Lipinski definition) is 7. The van der Waals surface area contributed by atoms with E-state index in [4.69, 9.17) is 13.9 Å². The summed E-state index contributed by atoms with van der Waals surface area (Å²) in [4.78, 5) is 20.8. The monoisotopic (exact) mass is 382 g/mol. The summed E-state index contributed by atoms with van der Waals surface area (Å²) in [5.41, 5.74) is 0.289. The first kappa shape index (κ1) is 19.2. The van der Waals surface area contributed by atoms with Crippen molar-refractivity contribution in [2.75, 3.05) is 25.6 Å². The molecule has 2 heterocycles. The van der Waals surface area contributed by atoms with Crippen LogP contribution in [0, 0.1) is 6.92 Å². The molecule has 1 amide bonds. The molecule has 3 rings (SSSR count). The second-order valence-electron chi connectivity index (χ2n) is 5.90. The van der Waals surface area contributed by atoms with Crippen molar-refractivity contribution in [3.05, 3.63) is 66.0 Å². The molecule has 2 N–H and O–H groups in total. The molecule has 0 saturated carbocycles. The lowest BCUT2D eigenvalue weighted by Crippen LogP contribution is -2.24. The molecule has 1 aromatic carbocycles. The van der Waals surface area contributed by atoms with Gasteiger partial charge < -0.3 is 24.5 Å². The Kier molecular flexibility index (Phi) is 6.46. The number of rotatable bonds is 9. The fourth-order valence-corrected chi connectivity index (χ4v) is 2.47. The van der Waals surface area contributed by atoms with E-state index in [-0.39, 0.29) is 11.6 Å². The fraction of sp³-hybridized carbons (Fsp3) is 0.250. The van der Waals surface area contributed by atoms with E-state index in [1.165, 1.54) is 0 Å². The van der Waals surface area contributed by atoms with Gasteiger partial charge >= 0.3 is 0 Å². The van der Waals surface area contributed by atoms with Gasteiger partial charge in [0, 0.05) is 6.07 Å². The average Bonchev–Trinajstić information content (AvgIpc) is 3.23. The highest BCUT2D eigenvalue weighted by Gasteiger charge is 2.11. The highest BCUT2D eigenvalue weighted by atomic mass is 16.5. The third-order valence-electron chi connectivity index (χ3n) is 3.81. The Bertz CT molecular complexity index is 895. The predicted octanol–water partition coefficient (Wildman–Crippen LogP) is 2.81. The van der Waals surface area contributed by atoms with Gasteiger partial charge in [0.1, 0.15) is 41.2 Å². The lowest BCUT2D eigenvalue weighted by atomic mass is 10.3. The van der Waals surface area contributed by atoms with E-state index in [1.54, 1.807) is 38.5 Å². The first-order valence-electron chi connectivity index (χ1n) is 8.81. The molecule has 2 aromatic heterocycles. The van der Waals surface area contributed by atoms with Gasteiger partial charge in [0.2, 0.25) is 0 Å². The standard InChI is InChI=1S/C20H22N4O4/c1-14-23-18(20(25)22-13-17-4-3-10-27-17)12-19(24-14)21-9-11-28-16-7-5-15(26-2)6-8-16/h3-8,10,12H,9,11,13H2,1-2H3,(H,22,25)(H,21,23,24). The molecule has 0 fully saturated rings. The Morgan fingerprint density at radius 1 is 1.14 bits per heavy atom. The molecule has 0 atom stereocenters. The van der Waals surface area contributed by atoms with E-state index in [2.05, 4.69) is 20.6 Å². The minimum absolute atomic E-state index is 0.289. The molecule has 0 spiro atoms. The van der Waals surface area contributed by atoms with Crippen molar-refractivity contribution >= 4 is 11.7 Å². The maximum atomic E-state index is 12.3. The van der Waals surface area contributed by atoms with E-state index in [0.29, 0.717) is 37.1 Å². The Labute approximate surface area is 162 Å². The molecule has 0 aliphatic carbocycles. The minimum Gasteiger partial charge on any atom is -0.497 e. The summed E-state index contributed by atoms with van der Waals surface area (Å²) in [6.45, 7) is 3.00. The van der Waals surface area contributed by atoms with Crippen LogP contribution in [0.5, 0.6) is 11.5 Å². The summed E-state index contributed by atoms with van der Waals surface area (Å²) in [7, 11) is 1.62. The molecule has 0 unspecified atom stereocenters. The maximum absolute atomic E-state index is 12.3. The normalized spacial score (nSPS) is 10.4. The topological polar surface area (TPSA) is 98.5 Å². The second kappa shape index (κ2) is 9.40. The van der Waals surface area contributed by atoms with Gasteiger partial charge in [-0.3, -0.25) is 4.79 Å². The average molecular weight is 382 g/mol. The van der Waals surface area contributed by atoms with Crippen LogP contribution in [0.15, 0.2) is 53.1 Å². The van der Waals surface area contributed by atoms with E-state index in [1.807, 2.05) is 24.3 Å². The van der Waals surface area contributed by atoms with Crippen molar-refractivity contribution < 1.29 is 18.7 Å². The van der Waals surface area contributed by atoms with Crippen LogP contribution >= 0.6 is 0 Å². The molecular weight excluding hydrogens is 360 g/mol. The number of nitrogens with one attached hydrogen (secondary N) is 2. The number of carbonyl (C=O) groups is 1. The highest BCUT2D eigenvalue weighted by Crippen LogP contribution is 2.16. The van der Waals surface area contributed by atoms with Crippen molar-refractivity contribution in [3.8, 4) is 11.5 Å². The number of ether oxygens (including phenoxy) is 2. The van der Waals surface area contributed by atoms with Crippen molar-refractivity contribution in [2.24, 2.45) is 0 Å². The number of methoxy groups -OCH3 is 1. The van der Waals surface area contributed by atoms with E-state index < -0.39 is 0 Å². The molecule has 0 saturated heterocycles. The first-order valence-corrected chi connectivity index (χ1v) is 8.81. The zero-order chi connectivity index (χ0) is 19.8. The van der Waals surface area contributed by atoms with Crippen LogP contribution in [-0.4, -0.2) is 36.1 Å². The van der Waals surface area contributed by atoms with E-state index in [0.717, 1.165) is 11.5 Å². The zero-order valence-electron chi connectivity index (χ0n) is 15.8. The Balaban J connectivity index is 1.50. The lowest BCUT2D eigenvalue weighted by molar-refractivity contribution is 0.0942. The molecule has 146 valence electrons. The summed E-state index contributed by atoms with van der Waals surface area (Å²) >= 11 is 0. The minimum atomic E-state index is -0.292. The molecule has 8 heteroatoms. The number of aryl methyl sites for hydroxylation is 1. The van der Waals surface area contributed by atoms with Crippen LogP contribution in [0.3, 0.4) is 0 Å². The number of furan rings is 1. The molecule has 28 heavy (non-hydrogen) atoms. The van der Waals surface area contributed by atoms with Gasteiger partial charge in [-0.05, 0) is 43.3 Å². The maximum Gasteiger partial charge on any atom is 0.270 e. The van der Waals surface area contributed by atoms with E-state index >= 15 is 0 Å². The summed E-state index contributed by atoms with van der Waals surface area (Å²) in [5, 5.41) is 5.91. The first-order chi connectivity index (χ1) is 13.6. The Morgan fingerprint density at radius 2 is 1.93 bits per heavy atom. The fourth-order valence-electron chi connectivity index (χ4n) is 2.47. The number of aromatic nitrogens is 2. The summed E-state index contributed by atoms with van der Waals surface area (Å²) in [5.74, 6) is 2.98. The highest BCUT2D eigenvalue weighted by molar-refractivity contribution is 5.92. The van der Waals surface area contributed by atoms with Gasteiger partial charge in [-0.1, -0.05) is 0 Å². The molecule has 8 nitrogen and oxygen atoms in total. The van der Waals surface area contributed by atoms with Crippen LogP contribution in [-0.2, 0) is 6.54 Å². The predicted molar refractivity (Wildman–Crippen MR) is 104 cm³/mol. The van der Waals surface area contributed by atoms with Crippen LogP contribution < -0.4 is 20.1 Å². The largest absolute Gasteiger partial charge is 0.497 e. The smallest absolute Gasteiger partial charge is 0.270 e. The third kappa shape index (κ3) is 5.47. The summed E-state index contributed by atoms with van der Waals surface area (Å²) < 4.78 is 16.0. The molecule has 0 aliphatic rings. The van der Waals surface area contributed by atoms with Gasteiger partial charge in [0.15, 0.2) is 0 Å². The van der Waals surface area contributed by atoms with Gasteiger partial charge in [-0.2, -0.15) is 0 Å². The molecule has 0 aliphatic heterocycles. The Hall–Kier alpha value is -3.55. The second-order valence-corrected chi connectivity index (χ2v) is 5.90. The number of amides is 1. The lowest BCUT2D eigenvalue weighted by Gasteiger charge is -2.10. The van der Waals surface area contributed by atoms with Crippen molar-refractivity contribution in [1.29, 1.82) is 0 Å². The molecule has 0 radical (unpaired) electrons. The van der Waals surface area contributed by atoms with E-state index in [9.17, 15) is 4.79 Å². The number of nitrogens with zero attached hydrogens (tertiary/aromatic N) is 2. The van der Waals surface area contributed by atoms with Crippen LogP contribution in [0.25, 0.3) is 0 Å². The number of benzene rings is 1. The van der Waals surface area contributed by atoms with Gasteiger partial charge in [0.05, 0.1) is 26.5 Å². The number of anilines is 1. The van der Waals surface area contributed by atoms with Gasteiger partial charge in [-0.25, -0.2) is 9.97 Å². The molecule has 3 aromatic rings. The van der Waals surface area contributed by atoms with Crippen LogP contribution in [0.4, 0.5) is 5.82 Å². The summed E-state index contributed by atoms with van der Waals surface area (Å²) in [6, 6.07) is 12.5. The van der Waals surface area contributed by atoms with Crippen molar-refractivity contribution in [3.63, 3.8) is 0 Å². The van der Waals surface area contributed by atoms with Crippen molar-refractivity contribution in [1.82, 2.24) is 15.3 Å². The number of hydrogen-bond donors (Lipinski definition) is 2. The molecule has 0 bridgehead atoms. The van der Waals surface area contributed by atoms with Crippen LogP contribution in [0.2, 0.25) is 0 Å². The van der Waals surface area contributed by atoms with Gasteiger partial charge in [0.25, 0.3) is 5.91 Å². The SMILES string of the molecule is COc1ccc(OCCNc2cc(C(=O)NCc3ccco3)nc(C)n2)cc1. The third-order valence-corrected chi connectivity index (χ3v) is 3.81. The Morgan fingerprint density at radius 3 is 2.64 bits per heavy atom. The zero-order valence-corrected chi connectivity index (χ0v) is 15.8. The van der Waals surface area contributed by atoms with Crippen molar-refractivity contribution in [2.45, 2.75) is 13.5 Å². The van der Waals surface area contributed by atoms with Gasteiger partial charge in [-0.15, -0.1) is 0 Å². The van der Waals surface area contributed by atoms with Crippen LogP contribution in [0.1, 0.15) is 22.1 Å². The number of carbonyl (C=O) groups excluding carboxylic acids is 1. The summed E-state index contributed by atoms with van der Waals surface area (Å²) in [6.07, 6.45) is 1.56. The quantitative estimate of drug-likeness (QED) is 0.549. The molecular formula is C20H22N4O4.